The smallest absolute Gasteiger partial charge is 0.237 e. The average Bonchev–Trinajstić information content (AvgIpc) is 2.37. The molecule has 0 atom stereocenters. The second kappa shape index (κ2) is 3.87. The van der Waals surface area contributed by atoms with Crippen molar-refractivity contribution in [2.24, 2.45) is 5.73 Å². The minimum atomic E-state index is -0.356. The van der Waals surface area contributed by atoms with Crippen LogP contribution in [0.2, 0.25) is 0 Å². The first-order chi connectivity index (χ1) is 5.74. The molecule has 12 heavy (non-hydrogen) atoms. The molecule has 0 aliphatic heterocycles. The Hall–Kier alpha value is -1.36. The number of carbonyl (C=O) groups is 1. The van der Waals surface area contributed by atoms with E-state index in [2.05, 4.69) is 10.3 Å². The van der Waals surface area contributed by atoms with Gasteiger partial charge < -0.3 is 15.6 Å². The molecule has 1 heterocycles. The van der Waals surface area contributed by atoms with Crippen LogP contribution in [0.1, 0.15) is 5.69 Å². The van der Waals surface area contributed by atoms with Crippen molar-refractivity contribution in [2.45, 2.75) is 13.1 Å². The summed E-state index contributed by atoms with van der Waals surface area (Å²) in [6, 6.07) is 0. The molecule has 0 aromatic carbocycles. The topological polar surface area (TPSA) is 72.9 Å². The normalized spacial score (nSPS) is 10.1. The van der Waals surface area contributed by atoms with Crippen LogP contribution in [-0.4, -0.2) is 22.5 Å². The molecule has 5 heteroatoms. The zero-order valence-corrected chi connectivity index (χ0v) is 6.95. The quantitative estimate of drug-likeness (QED) is 0.611. The van der Waals surface area contributed by atoms with Gasteiger partial charge in [0.15, 0.2) is 0 Å². The van der Waals surface area contributed by atoms with Crippen LogP contribution in [0.5, 0.6) is 0 Å². The summed E-state index contributed by atoms with van der Waals surface area (Å²) in [5.41, 5.74) is 6.00. The van der Waals surface area contributed by atoms with Gasteiger partial charge in [0.1, 0.15) is 6.54 Å². The summed E-state index contributed by atoms with van der Waals surface area (Å²) in [4.78, 5) is 14.5. The number of hydrogen-bond donors (Lipinski definition) is 2. The van der Waals surface area contributed by atoms with Crippen molar-refractivity contribution in [1.82, 2.24) is 14.9 Å². The number of imidazole rings is 1. The monoisotopic (exact) mass is 168 g/mol. The van der Waals surface area contributed by atoms with Crippen LogP contribution in [0.4, 0.5) is 0 Å². The number of nitrogens with one attached hydrogen (secondary N) is 1. The third-order valence-electron chi connectivity index (χ3n) is 1.48. The number of nitrogens with two attached hydrogens (primary N) is 1. The lowest BCUT2D eigenvalue weighted by atomic mass is 10.4. The second-order valence-electron chi connectivity index (χ2n) is 2.51. The highest BCUT2D eigenvalue weighted by molar-refractivity contribution is 5.73. The van der Waals surface area contributed by atoms with E-state index in [0.29, 0.717) is 6.54 Å². The third-order valence-corrected chi connectivity index (χ3v) is 1.48. The van der Waals surface area contributed by atoms with Gasteiger partial charge in [0.05, 0.1) is 12.0 Å². The van der Waals surface area contributed by atoms with E-state index in [0.717, 1.165) is 5.69 Å². The van der Waals surface area contributed by atoms with Crippen LogP contribution in [0.25, 0.3) is 0 Å². The maximum absolute atomic E-state index is 10.6. The molecule has 0 unspecified atom stereocenters. The second-order valence-corrected chi connectivity index (χ2v) is 2.51. The predicted molar refractivity (Wildman–Crippen MR) is 44.2 cm³/mol. The van der Waals surface area contributed by atoms with Crippen molar-refractivity contribution in [2.75, 3.05) is 7.05 Å². The number of nitrogens with zero attached hydrogens (tertiary/aromatic N) is 2. The minimum absolute atomic E-state index is 0.191. The highest BCUT2D eigenvalue weighted by Crippen LogP contribution is 1.97. The molecule has 5 nitrogen and oxygen atoms in total. The molecule has 0 aliphatic carbocycles. The Morgan fingerprint density at radius 3 is 3.17 bits per heavy atom. The molecule has 0 bridgehead atoms. The predicted octanol–water partition coefficient (Wildman–Crippen LogP) is -0.912. The van der Waals surface area contributed by atoms with E-state index >= 15 is 0 Å². The molecule has 0 saturated carbocycles. The standard InChI is InChI=1S/C7H12N4O/c1-9-2-6-3-10-5-11(6)4-7(8)12/h3,5,9H,2,4H2,1H3,(H2,8,12). The van der Waals surface area contributed by atoms with E-state index in [-0.39, 0.29) is 12.5 Å². The number of rotatable bonds is 4. The maximum atomic E-state index is 10.6. The molecule has 1 amide bonds. The van der Waals surface area contributed by atoms with Gasteiger partial charge in [-0.05, 0) is 7.05 Å². The van der Waals surface area contributed by atoms with Crippen LogP contribution >= 0.6 is 0 Å². The van der Waals surface area contributed by atoms with Gasteiger partial charge in [0, 0.05) is 12.7 Å². The van der Waals surface area contributed by atoms with Gasteiger partial charge in [0.25, 0.3) is 0 Å². The lowest BCUT2D eigenvalue weighted by molar-refractivity contribution is -0.118. The van der Waals surface area contributed by atoms with Gasteiger partial charge in [-0.2, -0.15) is 0 Å². The van der Waals surface area contributed by atoms with Gasteiger partial charge >= 0.3 is 0 Å². The minimum Gasteiger partial charge on any atom is -0.368 e. The molecule has 0 aliphatic rings. The van der Waals surface area contributed by atoms with Gasteiger partial charge in [-0.15, -0.1) is 0 Å². The summed E-state index contributed by atoms with van der Waals surface area (Å²) in [5.74, 6) is -0.356. The molecule has 0 spiro atoms. The summed E-state index contributed by atoms with van der Waals surface area (Å²) in [5, 5.41) is 2.97. The fourth-order valence-corrected chi connectivity index (χ4v) is 0.987. The molecule has 1 aromatic rings. The fraction of sp³-hybridized carbons (Fsp3) is 0.429. The Kier molecular flexibility index (Phi) is 2.82. The molecule has 1 rings (SSSR count). The van der Waals surface area contributed by atoms with Crippen LogP contribution in [-0.2, 0) is 17.9 Å². The van der Waals surface area contributed by atoms with Gasteiger partial charge in [-0.3, -0.25) is 4.79 Å². The molecule has 0 saturated heterocycles. The van der Waals surface area contributed by atoms with E-state index in [1.807, 2.05) is 7.05 Å². The first kappa shape index (κ1) is 8.73. The summed E-state index contributed by atoms with van der Waals surface area (Å²) >= 11 is 0. The molecular weight excluding hydrogens is 156 g/mol. The van der Waals surface area contributed by atoms with Crippen molar-refractivity contribution in [3.8, 4) is 0 Å². The van der Waals surface area contributed by atoms with Gasteiger partial charge in [0.2, 0.25) is 5.91 Å². The molecule has 0 fully saturated rings. The zero-order valence-electron chi connectivity index (χ0n) is 6.95. The van der Waals surface area contributed by atoms with Gasteiger partial charge in [-0.25, -0.2) is 4.98 Å². The first-order valence-corrected chi connectivity index (χ1v) is 3.66. The Morgan fingerprint density at radius 1 is 1.83 bits per heavy atom. The Labute approximate surface area is 70.6 Å². The average molecular weight is 168 g/mol. The molecule has 3 N–H and O–H groups in total. The lowest BCUT2D eigenvalue weighted by Crippen LogP contribution is -2.21. The van der Waals surface area contributed by atoms with Crippen molar-refractivity contribution < 1.29 is 4.79 Å². The summed E-state index contributed by atoms with van der Waals surface area (Å²) in [6.45, 7) is 0.879. The molecule has 66 valence electrons. The van der Waals surface area contributed by atoms with E-state index in [1.54, 1.807) is 17.1 Å². The SMILES string of the molecule is CNCc1cncn1CC(N)=O. The summed E-state index contributed by atoms with van der Waals surface area (Å²) < 4.78 is 1.72. The van der Waals surface area contributed by atoms with E-state index in [4.69, 9.17) is 5.73 Å². The molecular formula is C7H12N4O. The van der Waals surface area contributed by atoms with Crippen molar-refractivity contribution in [3.05, 3.63) is 18.2 Å². The van der Waals surface area contributed by atoms with E-state index in [1.165, 1.54) is 0 Å². The largest absolute Gasteiger partial charge is 0.368 e. The lowest BCUT2D eigenvalue weighted by Gasteiger charge is -2.03. The van der Waals surface area contributed by atoms with Gasteiger partial charge in [-0.1, -0.05) is 0 Å². The first-order valence-electron chi connectivity index (χ1n) is 3.66. The van der Waals surface area contributed by atoms with Crippen molar-refractivity contribution >= 4 is 5.91 Å². The van der Waals surface area contributed by atoms with Crippen molar-refractivity contribution in [1.29, 1.82) is 0 Å². The molecule has 1 aromatic heterocycles. The van der Waals surface area contributed by atoms with Crippen LogP contribution in [0.3, 0.4) is 0 Å². The van der Waals surface area contributed by atoms with Crippen molar-refractivity contribution in [3.63, 3.8) is 0 Å². The summed E-state index contributed by atoms with van der Waals surface area (Å²) in [7, 11) is 1.83. The third kappa shape index (κ3) is 2.06. The van der Waals surface area contributed by atoms with Crippen LogP contribution in [0, 0.1) is 0 Å². The number of carbonyl (C=O) groups excluding carboxylic acids is 1. The summed E-state index contributed by atoms with van der Waals surface area (Å²) in [6.07, 6.45) is 3.30. The number of amides is 1. The highest BCUT2D eigenvalue weighted by Gasteiger charge is 2.02. The fourth-order valence-electron chi connectivity index (χ4n) is 0.987. The number of hydrogen-bond acceptors (Lipinski definition) is 3. The van der Waals surface area contributed by atoms with Crippen LogP contribution < -0.4 is 11.1 Å². The number of aromatic nitrogens is 2. The Balaban J connectivity index is 2.69. The highest BCUT2D eigenvalue weighted by atomic mass is 16.1. The zero-order chi connectivity index (χ0) is 8.97. The Bertz CT molecular complexity index is 268. The Morgan fingerprint density at radius 2 is 2.58 bits per heavy atom. The molecule has 0 radical (unpaired) electrons. The van der Waals surface area contributed by atoms with E-state index < -0.39 is 0 Å². The number of primary amides is 1. The van der Waals surface area contributed by atoms with Crippen LogP contribution in [0.15, 0.2) is 12.5 Å². The maximum Gasteiger partial charge on any atom is 0.237 e. The van der Waals surface area contributed by atoms with E-state index in [9.17, 15) is 4.79 Å².